The zero-order valence-corrected chi connectivity index (χ0v) is 40.8. The van der Waals surface area contributed by atoms with Gasteiger partial charge in [0.25, 0.3) is 0 Å². The van der Waals surface area contributed by atoms with Gasteiger partial charge in [-0.3, -0.25) is 14.4 Å². The highest BCUT2D eigenvalue weighted by Gasteiger charge is 2.48. The minimum absolute atomic E-state index is 0.0876. The van der Waals surface area contributed by atoms with Crippen LogP contribution in [0.3, 0.4) is 0 Å². The molecule has 4 N–H and O–H groups in total. The van der Waals surface area contributed by atoms with E-state index in [1.54, 1.807) is 0 Å². The first-order chi connectivity index (χ1) is 30.6. The molecule has 6 rings (SSSR count). The van der Waals surface area contributed by atoms with E-state index in [1.165, 1.54) is 63.2 Å². The Hall–Kier alpha value is -5.05. The summed E-state index contributed by atoms with van der Waals surface area (Å²) in [5.41, 5.74) is 12.5. The summed E-state index contributed by atoms with van der Waals surface area (Å²) in [7, 11) is 1.32. The fourth-order valence-corrected chi connectivity index (χ4v) is 10.4. The molecule has 0 radical (unpaired) electrons. The average Bonchev–Trinajstić information content (AvgIpc) is 3.99. The normalized spacial score (nSPS) is 19.0. The number of aromatic nitrogens is 3. The first kappa shape index (κ1) is 48.4. The fourth-order valence-electron chi connectivity index (χ4n) is 10.4. The molecule has 8 bridgehead atoms. The van der Waals surface area contributed by atoms with Crippen LogP contribution < -0.4 is 16.0 Å². The second-order valence-corrected chi connectivity index (χ2v) is 19.7. The van der Waals surface area contributed by atoms with Crippen molar-refractivity contribution >= 4 is 47.6 Å². The molecule has 3 aromatic rings. The number of esters is 2. The molecule has 3 aromatic heterocycles. The Morgan fingerprint density at radius 1 is 0.828 bits per heavy atom. The molecule has 5 atom stereocenters. The second-order valence-electron chi connectivity index (χ2n) is 19.7. The summed E-state index contributed by atoms with van der Waals surface area (Å²) in [6.07, 6.45) is 23.1. The lowest BCUT2D eigenvalue weighted by Gasteiger charge is -2.19. The van der Waals surface area contributed by atoms with Gasteiger partial charge < -0.3 is 29.7 Å². The molecule has 0 amide bonds. The highest BCUT2D eigenvalue weighted by atomic mass is 16.5. The van der Waals surface area contributed by atoms with E-state index < -0.39 is 11.9 Å². The number of rotatable bonds is 20. The largest absolute Gasteiger partial charge is 0.468 e. The average molecular weight is 873 g/mol. The van der Waals surface area contributed by atoms with E-state index in [9.17, 15) is 14.4 Å². The van der Waals surface area contributed by atoms with Crippen molar-refractivity contribution in [2.45, 2.75) is 146 Å². The molecule has 0 unspecified atom stereocenters. The Bertz CT molecular complexity index is 2450. The predicted molar refractivity (Wildman–Crippen MR) is 262 cm³/mol. The zero-order chi connectivity index (χ0) is 46.4. The van der Waals surface area contributed by atoms with Crippen LogP contribution in [0.2, 0.25) is 0 Å². The van der Waals surface area contributed by atoms with Crippen molar-refractivity contribution in [3.63, 3.8) is 0 Å². The maximum absolute atomic E-state index is 14.4. The molecule has 1 fully saturated rings. The second kappa shape index (κ2) is 21.3. The Balaban J connectivity index is 1.21. The van der Waals surface area contributed by atoms with E-state index in [2.05, 4.69) is 107 Å². The number of ether oxygens (including phenoxy) is 2. The number of hydrogen-bond acceptors (Lipinski definition) is 6. The molecular formula is C55H76N4O5. The maximum Gasteiger partial charge on any atom is 0.321 e. The number of H-pyrrole nitrogens is 3. The van der Waals surface area contributed by atoms with Crippen LogP contribution in [-0.4, -0.2) is 46.4 Å². The van der Waals surface area contributed by atoms with Gasteiger partial charge in [0.1, 0.15) is 12.5 Å². The smallest absolute Gasteiger partial charge is 0.321 e. The summed E-state index contributed by atoms with van der Waals surface area (Å²) < 4.78 is 11.1. The number of fused-ring (bicyclic) bond motifs is 7. The third-order valence-corrected chi connectivity index (χ3v) is 14.6. The molecule has 1 aliphatic carbocycles. The number of aromatic amines is 3. The molecule has 1 saturated heterocycles. The molecule has 9 heteroatoms. The topological polar surface area (TPSA) is 129 Å². The quantitative estimate of drug-likeness (QED) is 0.0508. The van der Waals surface area contributed by atoms with Crippen molar-refractivity contribution in [1.82, 2.24) is 20.3 Å². The number of ketones is 1. The Morgan fingerprint density at radius 2 is 1.48 bits per heavy atom. The Labute approximate surface area is 382 Å². The zero-order valence-electron chi connectivity index (χ0n) is 40.8. The van der Waals surface area contributed by atoms with Crippen molar-refractivity contribution in [2.75, 3.05) is 13.7 Å². The van der Waals surface area contributed by atoms with Crippen LogP contribution in [0, 0.1) is 56.3 Å². The van der Waals surface area contributed by atoms with Crippen LogP contribution in [-0.2, 0) is 25.5 Å². The summed E-state index contributed by atoms with van der Waals surface area (Å²) >= 11 is 0. The number of nitrogens with one attached hydrogen (secondary N) is 4. The van der Waals surface area contributed by atoms with Crippen LogP contribution in [0.5, 0.6) is 0 Å². The molecule has 0 aromatic carbocycles. The van der Waals surface area contributed by atoms with Crippen molar-refractivity contribution < 1.29 is 23.9 Å². The molecule has 346 valence electrons. The number of carbonyl (C=O) groups is 3. The van der Waals surface area contributed by atoms with E-state index in [0.29, 0.717) is 23.3 Å². The number of Topliss-reactive ketones (excluding diaryl/α,β-unsaturated/α-hetero) is 1. The molecular weight excluding hydrogens is 797 g/mol. The molecule has 3 aliphatic rings. The van der Waals surface area contributed by atoms with Gasteiger partial charge in [-0.2, -0.15) is 0 Å². The highest BCUT2D eigenvalue weighted by molar-refractivity contribution is 6.24. The fraction of sp³-hybridized carbons (Fsp3) is 0.545. The van der Waals surface area contributed by atoms with Crippen molar-refractivity contribution in [3.05, 3.63) is 96.5 Å². The predicted octanol–water partition coefficient (Wildman–Crippen LogP) is 11.1. The number of methoxy groups -OCH3 is 1. The van der Waals surface area contributed by atoms with Gasteiger partial charge in [-0.15, -0.1) is 0 Å². The highest BCUT2D eigenvalue weighted by Crippen LogP contribution is 2.48. The van der Waals surface area contributed by atoms with Crippen molar-refractivity contribution in [2.24, 2.45) is 35.5 Å². The van der Waals surface area contributed by atoms with Crippen molar-refractivity contribution in [1.29, 1.82) is 0 Å². The van der Waals surface area contributed by atoms with Crippen LogP contribution in [0.25, 0.3) is 29.9 Å². The molecule has 0 saturated carbocycles. The Morgan fingerprint density at radius 3 is 2.14 bits per heavy atom. The molecule has 5 heterocycles. The van der Waals surface area contributed by atoms with Gasteiger partial charge in [-0.25, -0.2) is 0 Å². The first-order valence-corrected chi connectivity index (χ1v) is 24.2. The van der Waals surface area contributed by atoms with Gasteiger partial charge in [-0.1, -0.05) is 105 Å². The van der Waals surface area contributed by atoms with Crippen LogP contribution in [0.15, 0.2) is 29.6 Å². The van der Waals surface area contributed by atoms with Crippen LogP contribution in [0.1, 0.15) is 180 Å². The summed E-state index contributed by atoms with van der Waals surface area (Å²) in [6.45, 7) is 26.4. The minimum atomic E-state index is -1.14. The Kier molecular flexibility index (Phi) is 16.1. The van der Waals surface area contributed by atoms with E-state index in [0.717, 1.165) is 98.4 Å². The van der Waals surface area contributed by atoms with E-state index >= 15 is 0 Å². The minimum Gasteiger partial charge on any atom is -0.468 e. The van der Waals surface area contributed by atoms with Gasteiger partial charge in [0.2, 0.25) is 0 Å². The monoisotopic (exact) mass is 873 g/mol. The standard InChI is InChI=1S/C55H76N4O5/c1-13-39-35(8)42-28-44-37(10)41(24-25-48(60)64-27-26-34(7)23-17-22-33(6)21-16-20-32(5)19-15-18-31(3)4)52(58-44)50-51(55(62)63-12)54(61)49-38(11)45(59-53(49)50)30-47-40(14-2)36(9)43(57-47)29-46(39)56-42/h13,26,28-33,37,41,51,56-59H,1,14-25,27H2,2-12H3/b34-26+,43-29?,44-28?,47-30?,52-50?/t32-,33-,37-,41-,51+/m0/s1. The first-order valence-electron chi connectivity index (χ1n) is 24.2. The summed E-state index contributed by atoms with van der Waals surface area (Å²) in [5, 5.41) is 5.66. The van der Waals surface area contributed by atoms with Gasteiger partial charge in [0.05, 0.1) is 12.8 Å². The summed E-state index contributed by atoms with van der Waals surface area (Å²) in [4.78, 5) is 52.4. The van der Waals surface area contributed by atoms with Gasteiger partial charge in [0, 0.05) is 74.1 Å². The lowest BCUT2D eigenvalue weighted by Crippen LogP contribution is -2.25. The van der Waals surface area contributed by atoms with Gasteiger partial charge in [0.15, 0.2) is 5.78 Å². The van der Waals surface area contributed by atoms with Crippen LogP contribution >= 0.6 is 0 Å². The van der Waals surface area contributed by atoms with E-state index in [-0.39, 0.29) is 36.6 Å². The lowest BCUT2D eigenvalue weighted by atomic mass is 9.85. The summed E-state index contributed by atoms with van der Waals surface area (Å²) in [5.74, 6) is -0.275. The lowest BCUT2D eigenvalue weighted by molar-refractivity contribution is -0.143. The molecule has 9 nitrogen and oxygen atoms in total. The summed E-state index contributed by atoms with van der Waals surface area (Å²) in [6, 6.07) is 0. The SMILES string of the molecule is C=Cc1c2[nH]c(c1C)C=C1NC(=C3c4[nH]c(c(C)c4C(=O)[C@@H]3C(=O)OC)C=c3[nH]c(c(C)c3CC)=C2)[C@@H](CCC(=O)OC/C=C(\C)CCC[C@@H](C)CCC[C@@H](C)CCCC(C)C)[C@@H]1C. The maximum atomic E-state index is 14.4. The van der Waals surface area contributed by atoms with E-state index in [1.807, 2.05) is 19.1 Å². The van der Waals surface area contributed by atoms with Gasteiger partial charge in [-0.05, 0) is 118 Å². The molecule has 2 aliphatic heterocycles. The van der Waals surface area contributed by atoms with Crippen molar-refractivity contribution in [3.8, 4) is 0 Å². The third-order valence-electron chi connectivity index (χ3n) is 14.6. The van der Waals surface area contributed by atoms with Crippen LogP contribution in [0.4, 0.5) is 0 Å². The number of carbonyl (C=O) groups excluding carboxylic acids is 3. The molecule has 64 heavy (non-hydrogen) atoms. The molecule has 0 spiro atoms. The van der Waals surface area contributed by atoms with Gasteiger partial charge >= 0.3 is 11.9 Å². The van der Waals surface area contributed by atoms with E-state index in [4.69, 9.17) is 9.47 Å². The number of hydrogen-bond donors (Lipinski definition) is 4. The number of allylic oxidation sites excluding steroid dienone is 3. The third kappa shape index (κ3) is 10.6.